The zero-order valence-electron chi connectivity index (χ0n) is 29.2. The first-order valence-corrected chi connectivity index (χ1v) is 17.7. The molecule has 3 atom stereocenters. The van der Waals surface area contributed by atoms with Crippen LogP contribution in [0.2, 0.25) is 0 Å². The smallest absolute Gasteiger partial charge is 0.255 e. The van der Waals surface area contributed by atoms with E-state index in [0.29, 0.717) is 57.3 Å². The monoisotopic (exact) mass is 705 g/mol. The Labute approximate surface area is 303 Å². The number of carbonyl (C=O) groups is 3. The summed E-state index contributed by atoms with van der Waals surface area (Å²) in [5, 5.41) is 12.4. The van der Waals surface area contributed by atoms with E-state index in [-0.39, 0.29) is 35.8 Å². The van der Waals surface area contributed by atoms with Gasteiger partial charge in [0, 0.05) is 55.1 Å². The maximum atomic E-state index is 12.9. The topological polar surface area (TPSA) is 127 Å². The summed E-state index contributed by atoms with van der Waals surface area (Å²) in [5.74, 6) is 1.64. The number of nitrogens with zero attached hydrogens (tertiary/aromatic N) is 2. The molecule has 4 aromatic carbocycles. The van der Waals surface area contributed by atoms with Gasteiger partial charge in [-0.05, 0) is 66.6 Å². The Morgan fingerprint density at radius 3 is 2.42 bits per heavy atom. The van der Waals surface area contributed by atoms with Gasteiger partial charge in [0.25, 0.3) is 5.91 Å². The average Bonchev–Trinajstić information content (AvgIpc) is 3.48. The number of carbonyl (C=O) groups excluding carboxylic acids is 3. The third kappa shape index (κ3) is 7.90. The summed E-state index contributed by atoms with van der Waals surface area (Å²) < 4.78 is 23.8. The largest absolute Gasteiger partial charge is 0.508 e. The molecule has 0 aliphatic carbocycles. The second-order valence-corrected chi connectivity index (χ2v) is 13.4. The molecule has 0 saturated carbocycles. The van der Waals surface area contributed by atoms with Crippen molar-refractivity contribution in [3.05, 3.63) is 119 Å². The highest BCUT2D eigenvalue weighted by Crippen LogP contribution is 2.47. The standard InChI is InChI=1S/C41H43N3O8/c1-43(17-19-49-21-22-51-32-12-14-33-29(23-32)25-44(41(33)48)36-15-16-38(46)42-40(36)47)18-20-50-31-10-7-28(8-11-31)39-34-13-9-30(45)24-37(34)52-26-35(39)27-5-3-2-4-6-27/h2-14,23-24,35-36,39,45H,15-22,25-26H2,1H3,(H,42,46,47)/t35-,36?,39?/m1/s1. The van der Waals surface area contributed by atoms with Crippen molar-refractivity contribution in [3.8, 4) is 23.0 Å². The molecule has 3 heterocycles. The summed E-state index contributed by atoms with van der Waals surface area (Å²) in [6, 6.07) is 28.7. The van der Waals surface area contributed by atoms with Crippen LogP contribution in [0.5, 0.6) is 23.0 Å². The van der Waals surface area contributed by atoms with Crippen molar-refractivity contribution in [2.24, 2.45) is 0 Å². The number of phenolic OH excluding ortho intramolecular Hbond substituents is 1. The average molecular weight is 706 g/mol. The van der Waals surface area contributed by atoms with Crippen LogP contribution in [-0.2, 0) is 20.9 Å². The summed E-state index contributed by atoms with van der Waals surface area (Å²) in [6.45, 7) is 4.16. The van der Waals surface area contributed by atoms with Crippen molar-refractivity contribution in [2.45, 2.75) is 37.3 Å². The molecule has 3 aliphatic heterocycles. The lowest BCUT2D eigenvalue weighted by molar-refractivity contribution is -0.136. The van der Waals surface area contributed by atoms with E-state index in [1.165, 1.54) is 10.5 Å². The molecule has 7 rings (SSSR count). The van der Waals surface area contributed by atoms with Crippen molar-refractivity contribution >= 4 is 17.7 Å². The van der Waals surface area contributed by atoms with E-state index < -0.39 is 11.9 Å². The number of hydrogen-bond acceptors (Lipinski definition) is 9. The van der Waals surface area contributed by atoms with Crippen molar-refractivity contribution in [1.82, 2.24) is 15.1 Å². The molecule has 3 amide bonds. The molecule has 3 aliphatic rings. The van der Waals surface area contributed by atoms with E-state index in [2.05, 4.69) is 46.6 Å². The third-order valence-corrected chi connectivity index (χ3v) is 9.97. The van der Waals surface area contributed by atoms with Gasteiger partial charge >= 0.3 is 0 Å². The number of rotatable bonds is 14. The van der Waals surface area contributed by atoms with Crippen molar-refractivity contribution < 1.29 is 38.4 Å². The van der Waals surface area contributed by atoms with Gasteiger partial charge in [-0.25, -0.2) is 0 Å². The highest BCUT2D eigenvalue weighted by molar-refractivity contribution is 6.05. The molecule has 1 fully saturated rings. The van der Waals surface area contributed by atoms with E-state index in [1.54, 1.807) is 24.3 Å². The predicted octanol–water partition coefficient (Wildman–Crippen LogP) is 4.87. The summed E-state index contributed by atoms with van der Waals surface area (Å²) >= 11 is 0. The lowest BCUT2D eigenvalue weighted by Gasteiger charge is -2.34. The van der Waals surface area contributed by atoms with E-state index in [1.807, 2.05) is 37.4 Å². The zero-order chi connectivity index (χ0) is 36.0. The van der Waals surface area contributed by atoms with Crippen LogP contribution in [-0.4, -0.2) is 91.8 Å². The molecular formula is C41H43N3O8. The van der Waals surface area contributed by atoms with Gasteiger partial charge in [-0.3, -0.25) is 19.7 Å². The van der Waals surface area contributed by atoms with Gasteiger partial charge in [0.1, 0.15) is 42.3 Å². The van der Waals surface area contributed by atoms with Crippen molar-refractivity contribution in [2.75, 3.05) is 53.2 Å². The Balaban J connectivity index is 0.822. The second-order valence-electron chi connectivity index (χ2n) is 13.4. The molecule has 1 saturated heterocycles. The molecule has 270 valence electrons. The Bertz CT molecular complexity index is 1900. The van der Waals surface area contributed by atoms with Crippen LogP contribution in [0.1, 0.15) is 57.3 Å². The highest BCUT2D eigenvalue weighted by atomic mass is 16.5. The number of nitrogens with one attached hydrogen (secondary N) is 1. The molecule has 11 nitrogen and oxygen atoms in total. The zero-order valence-corrected chi connectivity index (χ0v) is 29.2. The van der Waals surface area contributed by atoms with Crippen LogP contribution in [0.3, 0.4) is 0 Å². The first kappa shape index (κ1) is 35.0. The van der Waals surface area contributed by atoms with Crippen LogP contribution >= 0.6 is 0 Å². The Morgan fingerprint density at radius 2 is 1.62 bits per heavy atom. The summed E-state index contributed by atoms with van der Waals surface area (Å²) in [6.07, 6.45) is 0.556. The molecule has 0 radical (unpaired) electrons. The number of ether oxygens (including phenoxy) is 4. The first-order chi connectivity index (χ1) is 25.3. The van der Waals surface area contributed by atoms with Gasteiger partial charge in [0.2, 0.25) is 11.8 Å². The minimum atomic E-state index is -0.639. The molecule has 4 aromatic rings. The number of fused-ring (bicyclic) bond motifs is 2. The number of hydrogen-bond donors (Lipinski definition) is 2. The number of imide groups is 1. The van der Waals surface area contributed by atoms with E-state index in [0.717, 1.165) is 41.3 Å². The van der Waals surface area contributed by atoms with Gasteiger partial charge in [0.15, 0.2) is 0 Å². The predicted molar refractivity (Wildman–Crippen MR) is 193 cm³/mol. The van der Waals surface area contributed by atoms with E-state index >= 15 is 0 Å². The molecule has 52 heavy (non-hydrogen) atoms. The fourth-order valence-corrected chi connectivity index (χ4v) is 7.18. The summed E-state index contributed by atoms with van der Waals surface area (Å²) in [4.78, 5) is 40.4. The number of benzene rings is 4. The van der Waals surface area contributed by atoms with E-state index in [4.69, 9.17) is 18.9 Å². The van der Waals surface area contributed by atoms with Crippen LogP contribution in [0.4, 0.5) is 0 Å². The van der Waals surface area contributed by atoms with Gasteiger partial charge in [-0.15, -0.1) is 0 Å². The Morgan fingerprint density at radius 1 is 0.846 bits per heavy atom. The third-order valence-electron chi connectivity index (χ3n) is 9.97. The van der Waals surface area contributed by atoms with Crippen LogP contribution in [0.25, 0.3) is 0 Å². The molecule has 2 N–H and O–H groups in total. The van der Waals surface area contributed by atoms with Crippen molar-refractivity contribution in [3.63, 3.8) is 0 Å². The Hall–Kier alpha value is -5.39. The molecule has 0 spiro atoms. The highest BCUT2D eigenvalue weighted by Gasteiger charge is 2.39. The molecular weight excluding hydrogens is 662 g/mol. The second kappa shape index (κ2) is 15.9. The number of piperidine rings is 1. The number of aromatic hydroxyl groups is 1. The summed E-state index contributed by atoms with van der Waals surface area (Å²) in [5.41, 5.74) is 4.79. The maximum Gasteiger partial charge on any atom is 0.255 e. The van der Waals surface area contributed by atoms with Crippen molar-refractivity contribution in [1.29, 1.82) is 0 Å². The normalized spacial score (nSPS) is 19.5. The van der Waals surface area contributed by atoms with Gasteiger partial charge in [0.05, 0.1) is 19.8 Å². The van der Waals surface area contributed by atoms with Crippen LogP contribution in [0, 0.1) is 0 Å². The van der Waals surface area contributed by atoms with Gasteiger partial charge in [-0.1, -0.05) is 48.5 Å². The van der Waals surface area contributed by atoms with Gasteiger partial charge in [-0.2, -0.15) is 0 Å². The fraction of sp³-hybridized carbons (Fsp3) is 0.341. The molecule has 0 bridgehead atoms. The van der Waals surface area contributed by atoms with Crippen LogP contribution < -0.4 is 19.5 Å². The lowest BCUT2D eigenvalue weighted by Crippen LogP contribution is -2.52. The van der Waals surface area contributed by atoms with Crippen LogP contribution in [0.15, 0.2) is 91.0 Å². The quantitative estimate of drug-likeness (QED) is 0.140. The number of phenols is 1. The lowest BCUT2D eigenvalue weighted by atomic mass is 9.76. The minimum Gasteiger partial charge on any atom is -0.508 e. The summed E-state index contributed by atoms with van der Waals surface area (Å²) in [7, 11) is 2.03. The first-order valence-electron chi connectivity index (χ1n) is 17.7. The fourth-order valence-electron chi connectivity index (χ4n) is 7.18. The molecule has 0 aromatic heterocycles. The SMILES string of the molecule is CN(CCOCCOc1ccc2c(c1)CN(C1CCC(=O)NC1=O)C2=O)CCOc1ccc(C2c3ccc(O)cc3OC[C@@H]2c2ccccc2)cc1. The number of likely N-dealkylation sites (N-methyl/N-ethyl adjacent to an activating group) is 1. The minimum absolute atomic E-state index is 0.0780. The van der Waals surface area contributed by atoms with Gasteiger partial charge < -0.3 is 33.9 Å². The molecule has 11 heteroatoms. The maximum absolute atomic E-state index is 12.9. The van der Waals surface area contributed by atoms with E-state index in [9.17, 15) is 19.5 Å². The number of amides is 3. The Kier molecular flexibility index (Phi) is 10.7. The molecule has 2 unspecified atom stereocenters.